The number of nitrogens with zero attached hydrogens (tertiary/aromatic N) is 1. The highest BCUT2D eigenvalue weighted by molar-refractivity contribution is 6.07. The Labute approximate surface area is 138 Å². The zero-order chi connectivity index (χ0) is 16.7. The van der Waals surface area contributed by atoms with Crippen LogP contribution in [-0.4, -0.2) is 34.8 Å². The third-order valence-electron chi connectivity index (χ3n) is 4.95. The monoisotopic (exact) mass is 323 g/mol. The average Bonchev–Trinajstić information content (AvgIpc) is 2.87. The largest absolute Gasteiger partial charge is 0.337 e. The van der Waals surface area contributed by atoms with Crippen molar-refractivity contribution in [1.29, 1.82) is 0 Å². The molecule has 6 heteroatoms. The lowest BCUT2D eigenvalue weighted by molar-refractivity contribution is -0.122. The van der Waals surface area contributed by atoms with Gasteiger partial charge >= 0.3 is 0 Å². The van der Waals surface area contributed by atoms with Gasteiger partial charge in [0.1, 0.15) is 5.56 Å². The van der Waals surface area contributed by atoms with Crippen LogP contribution in [0.2, 0.25) is 0 Å². The molecule has 0 unspecified atom stereocenters. The number of benzene rings is 1. The summed E-state index contributed by atoms with van der Waals surface area (Å²) < 4.78 is 0. The summed E-state index contributed by atoms with van der Waals surface area (Å²) in [4.78, 5) is 41.5. The third kappa shape index (κ3) is 2.06. The smallest absolute Gasteiger partial charge is 0.260 e. The SMILES string of the molecule is O=C(c1ccc[nH]c1=O)N1CCC[C@@]2(C1)C(=O)Nc1ccccc12. The number of anilines is 1. The average molecular weight is 323 g/mol. The number of hydrogen-bond donors (Lipinski definition) is 2. The Morgan fingerprint density at radius 1 is 1.12 bits per heavy atom. The lowest BCUT2D eigenvalue weighted by atomic mass is 9.75. The Balaban J connectivity index is 1.70. The van der Waals surface area contributed by atoms with E-state index in [4.69, 9.17) is 0 Å². The maximum absolute atomic E-state index is 12.8. The van der Waals surface area contributed by atoms with Gasteiger partial charge in [-0.3, -0.25) is 14.4 Å². The van der Waals surface area contributed by atoms with Gasteiger partial charge in [-0.25, -0.2) is 0 Å². The number of para-hydroxylation sites is 1. The molecule has 2 amide bonds. The molecule has 0 bridgehead atoms. The van der Waals surface area contributed by atoms with Crippen LogP contribution in [0.15, 0.2) is 47.4 Å². The highest BCUT2D eigenvalue weighted by Crippen LogP contribution is 2.43. The summed E-state index contributed by atoms with van der Waals surface area (Å²) in [6.07, 6.45) is 2.92. The lowest BCUT2D eigenvalue weighted by Crippen LogP contribution is -2.52. The molecule has 6 nitrogen and oxygen atoms in total. The number of aromatic nitrogens is 1. The number of hydrogen-bond acceptors (Lipinski definition) is 3. The molecule has 1 aromatic carbocycles. The lowest BCUT2D eigenvalue weighted by Gasteiger charge is -2.39. The van der Waals surface area contributed by atoms with Crippen LogP contribution in [0.3, 0.4) is 0 Å². The number of carbonyl (C=O) groups is 2. The second-order valence-corrected chi connectivity index (χ2v) is 6.32. The normalized spacial score (nSPS) is 22.3. The molecule has 2 aromatic rings. The molecule has 24 heavy (non-hydrogen) atoms. The number of piperidine rings is 1. The van der Waals surface area contributed by atoms with Crippen LogP contribution >= 0.6 is 0 Å². The first-order chi connectivity index (χ1) is 11.6. The van der Waals surface area contributed by atoms with Crippen LogP contribution in [0.4, 0.5) is 5.69 Å². The molecule has 0 saturated carbocycles. The van der Waals surface area contributed by atoms with E-state index in [9.17, 15) is 14.4 Å². The van der Waals surface area contributed by atoms with E-state index in [1.807, 2.05) is 24.3 Å². The molecule has 1 spiro atoms. The first-order valence-corrected chi connectivity index (χ1v) is 8.00. The van der Waals surface area contributed by atoms with Crippen LogP contribution in [-0.2, 0) is 10.2 Å². The summed E-state index contributed by atoms with van der Waals surface area (Å²) in [6, 6.07) is 10.8. The predicted octanol–water partition coefficient (Wildman–Crippen LogP) is 1.50. The first kappa shape index (κ1) is 14.7. The van der Waals surface area contributed by atoms with Gasteiger partial charge in [0.2, 0.25) is 5.91 Å². The number of rotatable bonds is 1. The van der Waals surface area contributed by atoms with Crippen LogP contribution in [0.1, 0.15) is 28.8 Å². The Hall–Kier alpha value is -2.89. The summed E-state index contributed by atoms with van der Waals surface area (Å²) in [5.41, 5.74) is 0.745. The Morgan fingerprint density at radius 3 is 2.79 bits per heavy atom. The number of H-pyrrole nitrogens is 1. The van der Waals surface area contributed by atoms with Crippen LogP contribution in [0.25, 0.3) is 0 Å². The van der Waals surface area contributed by atoms with Gasteiger partial charge in [0.05, 0.1) is 5.41 Å². The molecule has 122 valence electrons. The maximum atomic E-state index is 12.8. The summed E-state index contributed by atoms with van der Waals surface area (Å²) in [5.74, 6) is -0.392. The topological polar surface area (TPSA) is 82.3 Å². The van der Waals surface area contributed by atoms with Crippen LogP contribution in [0.5, 0.6) is 0 Å². The third-order valence-corrected chi connectivity index (χ3v) is 4.95. The zero-order valence-corrected chi connectivity index (χ0v) is 13.0. The molecule has 2 N–H and O–H groups in total. The number of nitrogens with one attached hydrogen (secondary N) is 2. The van der Waals surface area contributed by atoms with Crippen molar-refractivity contribution >= 4 is 17.5 Å². The standard InChI is InChI=1S/C18H17N3O3/c22-15-12(5-3-9-19-15)16(23)21-10-4-8-18(11-21)13-6-1-2-7-14(13)20-17(18)24/h1-3,5-7,9H,4,8,10-11H2,(H,19,22)(H,20,24)/t18-/m0/s1. The highest BCUT2D eigenvalue weighted by Gasteiger charge is 2.49. The van der Waals surface area contributed by atoms with Crippen molar-refractivity contribution in [2.75, 3.05) is 18.4 Å². The second-order valence-electron chi connectivity index (χ2n) is 6.32. The molecule has 0 radical (unpaired) electrons. The van der Waals surface area contributed by atoms with E-state index < -0.39 is 11.0 Å². The Morgan fingerprint density at radius 2 is 1.96 bits per heavy atom. The molecule has 2 aliphatic heterocycles. The summed E-state index contributed by atoms with van der Waals surface area (Å²) in [7, 11) is 0. The van der Waals surface area contributed by atoms with Gasteiger partial charge in [0.25, 0.3) is 11.5 Å². The van der Waals surface area contributed by atoms with E-state index in [2.05, 4.69) is 10.3 Å². The molecule has 1 saturated heterocycles. The molecule has 4 rings (SSSR count). The molecular weight excluding hydrogens is 306 g/mol. The summed E-state index contributed by atoms with van der Waals surface area (Å²) >= 11 is 0. The number of carbonyl (C=O) groups excluding carboxylic acids is 2. The number of amides is 2. The number of fused-ring (bicyclic) bond motifs is 2. The fourth-order valence-electron chi connectivity index (χ4n) is 3.77. The minimum atomic E-state index is -0.716. The number of likely N-dealkylation sites (tertiary alicyclic amines) is 1. The van der Waals surface area contributed by atoms with Gasteiger partial charge < -0.3 is 15.2 Å². The molecule has 1 fully saturated rings. The summed E-state index contributed by atoms with van der Waals surface area (Å²) in [6.45, 7) is 0.841. The van der Waals surface area contributed by atoms with E-state index in [0.29, 0.717) is 19.5 Å². The van der Waals surface area contributed by atoms with E-state index in [1.54, 1.807) is 11.0 Å². The Bertz CT molecular complexity index is 889. The van der Waals surface area contributed by atoms with Crippen molar-refractivity contribution in [3.63, 3.8) is 0 Å². The fourth-order valence-corrected chi connectivity index (χ4v) is 3.77. The number of aromatic amines is 1. The fraction of sp³-hybridized carbons (Fsp3) is 0.278. The minimum Gasteiger partial charge on any atom is -0.337 e. The van der Waals surface area contributed by atoms with Gasteiger partial charge in [-0.1, -0.05) is 18.2 Å². The zero-order valence-electron chi connectivity index (χ0n) is 13.0. The van der Waals surface area contributed by atoms with Gasteiger partial charge in [-0.2, -0.15) is 0 Å². The van der Waals surface area contributed by atoms with E-state index in [1.165, 1.54) is 12.3 Å². The van der Waals surface area contributed by atoms with Crippen molar-refractivity contribution in [3.05, 3.63) is 64.1 Å². The van der Waals surface area contributed by atoms with Gasteiger partial charge in [0, 0.05) is 25.0 Å². The van der Waals surface area contributed by atoms with Crippen molar-refractivity contribution in [3.8, 4) is 0 Å². The quantitative estimate of drug-likeness (QED) is 0.834. The second kappa shape index (κ2) is 5.33. The molecule has 1 atom stereocenters. The molecule has 1 aromatic heterocycles. The maximum Gasteiger partial charge on any atom is 0.260 e. The van der Waals surface area contributed by atoms with E-state index >= 15 is 0 Å². The van der Waals surface area contributed by atoms with E-state index in [0.717, 1.165) is 17.7 Å². The van der Waals surface area contributed by atoms with Crippen molar-refractivity contribution in [2.24, 2.45) is 0 Å². The van der Waals surface area contributed by atoms with Crippen LogP contribution in [0, 0.1) is 0 Å². The van der Waals surface area contributed by atoms with Crippen molar-refractivity contribution in [2.45, 2.75) is 18.3 Å². The minimum absolute atomic E-state index is 0.0665. The first-order valence-electron chi connectivity index (χ1n) is 8.00. The van der Waals surface area contributed by atoms with E-state index in [-0.39, 0.29) is 17.4 Å². The Kier molecular flexibility index (Phi) is 3.26. The highest BCUT2D eigenvalue weighted by atomic mass is 16.2. The van der Waals surface area contributed by atoms with Gasteiger partial charge in [-0.05, 0) is 36.6 Å². The summed E-state index contributed by atoms with van der Waals surface area (Å²) in [5, 5.41) is 2.92. The van der Waals surface area contributed by atoms with Crippen molar-refractivity contribution < 1.29 is 9.59 Å². The molecule has 2 aliphatic rings. The van der Waals surface area contributed by atoms with Crippen molar-refractivity contribution in [1.82, 2.24) is 9.88 Å². The molecular formula is C18H17N3O3. The number of pyridine rings is 1. The van der Waals surface area contributed by atoms with Gasteiger partial charge in [0.15, 0.2) is 0 Å². The molecule has 3 heterocycles. The predicted molar refractivity (Wildman–Crippen MR) is 88.9 cm³/mol. The van der Waals surface area contributed by atoms with Gasteiger partial charge in [-0.15, -0.1) is 0 Å². The van der Waals surface area contributed by atoms with Crippen LogP contribution < -0.4 is 10.9 Å². The molecule has 0 aliphatic carbocycles.